The van der Waals surface area contributed by atoms with E-state index in [1.54, 1.807) is 0 Å². The van der Waals surface area contributed by atoms with E-state index >= 15 is 0 Å². The van der Waals surface area contributed by atoms with Crippen LogP contribution in [0.25, 0.3) is 77.3 Å². The smallest absolute Gasteiger partial charge is 0.135 e. The number of nitrogens with zero attached hydrogens (tertiary/aromatic N) is 1. The summed E-state index contributed by atoms with van der Waals surface area (Å²) in [6.45, 7) is 4.82. The van der Waals surface area contributed by atoms with Crippen molar-refractivity contribution in [3.63, 3.8) is 0 Å². The third kappa shape index (κ3) is 5.85. The minimum absolute atomic E-state index is 0.0158. The van der Waals surface area contributed by atoms with Crippen molar-refractivity contribution in [2.75, 3.05) is 0 Å². The van der Waals surface area contributed by atoms with Gasteiger partial charge in [-0.1, -0.05) is 165 Å². The van der Waals surface area contributed by atoms with Crippen molar-refractivity contribution < 1.29 is 4.42 Å². The normalized spacial score (nSPS) is 15.1. The van der Waals surface area contributed by atoms with Crippen LogP contribution in [0.4, 0.5) is 0 Å². The highest BCUT2D eigenvalue weighted by Gasteiger charge is 2.38. The van der Waals surface area contributed by atoms with Gasteiger partial charge in [0, 0.05) is 38.6 Å². The van der Waals surface area contributed by atoms with Crippen LogP contribution >= 0.6 is 0 Å². The van der Waals surface area contributed by atoms with Crippen LogP contribution in [0, 0.1) is 0 Å². The summed E-state index contributed by atoms with van der Waals surface area (Å²) in [6.07, 6.45) is 5.67. The van der Waals surface area contributed by atoms with Crippen LogP contribution in [0.2, 0.25) is 0 Å². The van der Waals surface area contributed by atoms with Gasteiger partial charge in [-0.2, -0.15) is 0 Å². The Balaban J connectivity index is 0.900. The summed E-state index contributed by atoms with van der Waals surface area (Å²) in [5.41, 5.74) is 20.6. The molecule has 0 saturated carbocycles. The second-order valence-electron chi connectivity index (χ2n) is 17.6. The number of para-hydroxylation sites is 3. The van der Waals surface area contributed by atoms with Gasteiger partial charge in [-0.25, -0.2) is 0 Å². The molecule has 0 bridgehead atoms. The molecule has 0 aliphatic heterocycles. The molecule has 12 rings (SSSR count). The van der Waals surface area contributed by atoms with E-state index < -0.39 is 0 Å². The van der Waals surface area contributed by atoms with Crippen molar-refractivity contribution in [2.45, 2.75) is 44.4 Å². The first-order valence-corrected chi connectivity index (χ1v) is 21.7. The topological polar surface area (TPSA) is 18.1 Å². The Morgan fingerprint density at radius 2 is 1.15 bits per heavy atom. The number of furan rings is 1. The van der Waals surface area contributed by atoms with Crippen LogP contribution in [-0.2, 0) is 11.8 Å². The number of hydrogen-bond acceptors (Lipinski definition) is 1. The third-order valence-corrected chi connectivity index (χ3v) is 13.8. The summed E-state index contributed by atoms with van der Waals surface area (Å²) in [5, 5.41) is 4.87. The molecule has 2 aliphatic carbocycles. The lowest BCUT2D eigenvalue weighted by molar-refractivity contribution is 0.642. The predicted molar refractivity (Wildman–Crippen MR) is 256 cm³/mol. The molecule has 1 atom stereocenters. The summed E-state index contributed by atoms with van der Waals surface area (Å²) in [4.78, 5) is 0. The highest BCUT2D eigenvalue weighted by atomic mass is 16.3. The summed E-state index contributed by atoms with van der Waals surface area (Å²) in [5.74, 6) is 0.259. The molecular weight excluding hydrogens is 739 g/mol. The van der Waals surface area contributed by atoms with Crippen LogP contribution in [-0.4, -0.2) is 4.57 Å². The highest BCUT2D eigenvalue weighted by Crippen LogP contribution is 2.52. The Hall–Kier alpha value is -7.16. The van der Waals surface area contributed by atoms with Crippen molar-refractivity contribution in [1.82, 2.24) is 4.57 Å². The van der Waals surface area contributed by atoms with E-state index in [0.29, 0.717) is 0 Å². The van der Waals surface area contributed by atoms with Crippen LogP contribution in [0.3, 0.4) is 0 Å². The largest absolute Gasteiger partial charge is 0.456 e. The summed E-state index contributed by atoms with van der Waals surface area (Å²) in [7, 11) is 0. The number of allylic oxidation sites excluding steroid dienone is 4. The molecule has 2 nitrogen and oxygen atoms in total. The zero-order chi connectivity index (χ0) is 40.7. The second kappa shape index (κ2) is 14.0. The second-order valence-corrected chi connectivity index (χ2v) is 17.6. The van der Waals surface area contributed by atoms with E-state index in [9.17, 15) is 0 Å². The number of rotatable bonds is 7. The Morgan fingerprint density at radius 3 is 1.97 bits per heavy atom. The maximum Gasteiger partial charge on any atom is 0.135 e. The van der Waals surface area contributed by atoms with Gasteiger partial charge in [0.1, 0.15) is 11.2 Å². The quantitative estimate of drug-likeness (QED) is 0.157. The van der Waals surface area contributed by atoms with Gasteiger partial charge >= 0.3 is 0 Å². The average molecular weight is 784 g/mol. The van der Waals surface area contributed by atoms with Gasteiger partial charge in [-0.15, -0.1) is 0 Å². The SMILES string of the molecule is CC1(C)C2=C(CCC(C(Cc3ccc(-c4ccc5c(c4)c4ccccc4n5-c4ccccc4)cc3)c3ccc(-c4ccc5oc6ccccc6c5c4)cc3)=C2)c2ccccc21. The van der Waals surface area contributed by atoms with Crippen molar-refractivity contribution in [3.05, 3.63) is 228 Å². The van der Waals surface area contributed by atoms with Crippen molar-refractivity contribution >= 4 is 49.3 Å². The molecule has 10 aromatic rings. The molecule has 0 fully saturated rings. The zero-order valence-corrected chi connectivity index (χ0v) is 34.5. The van der Waals surface area contributed by atoms with Gasteiger partial charge < -0.3 is 8.98 Å². The third-order valence-electron chi connectivity index (χ3n) is 13.8. The number of benzene rings is 8. The molecule has 2 heteroatoms. The first-order chi connectivity index (χ1) is 30.0. The molecular formula is C59H45NO. The van der Waals surface area contributed by atoms with Crippen molar-refractivity contribution in [3.8, 4) is 27.9 Å². The lowest BCUT2D eigenvalue weighted by atomic mass is 9.75. The zero-order valence-electron chi connectivity index (χ0n) is 34.5. The molecule has 292 valence electrons. The molecule has 61 heavy (non-hydrogen) atoms. The van der Waals surface area contributed by atoms with Crippen LogP contribution in [0.1, 0.15) is 54.9 Å². The molecule has 1 unspecified atom stereocenters. The lowest BCUT2D eigenvalue weighted by Gasteiger charge is -2.29. The predicted octanol–water partition coefficient (Wildman–Crippen LogP) is 15.8. The Labute approximate surface area is 356 Å². The first kappa shape index (κ1) is 35.8. The Kier molecular flexibility index (Phi) is 8.19. The van der Waals surface area contributed by atoms with Crippen LogP contribution in [0.5, 0.6) is 0 Å². The number of hydrogen-bond donors (Lipinski definition) is 0. The van der Waals surface area contributed by atoms with E-state index in [2.05, 4.69) is 200 Å². The van der Waals surface area contributed by atoms with Gasteiger partial charge in [-0.05, 0) is 123 Å². The van der Waals surface area contributed by atoms with Crippen LogP contribution < -0.4 is 0 Å². The van der Waals surface area contributed by atoms with E-state index in [-0.39, 0.29) is 11.3 Å². The van der Waals surface area contributed by atoms with Gasteiger partial charge in [0.25, 0.3) is 0 Å². The summed E-state index contributed by atoms with van der Waals surface area (Å²) >= 11 is 0. The van der Waals surface area contributed by atoms with Crippen LogP contribution in [0.15, 0.2) is 210 Å². The fourth-order valence-electron chi connectivity index (χ4n) is 10.7. The fraction of sp³-hybridized carbons (Fsp3) is 0.119. The molecule has 0 amide bonds. The maximum absolute atomic E-state index is 6.15. The minimum atomic E-state index is -0.0158. The molecule has 0 radical (unpaired) electrons. The first-order valence-electron chi connectivity index (χ1n) is 21.7. The standard InChI is InChI=1S/C59H45NO/c1-59(2)53-17-9-6-14-46(53)47-31-28-44(37-54(47)59)50(41-26-24-40(25-27-41)43-30-33-58-52(36-43)49-16-8-11-19-57(49)61-58)34-38-20-22-39(23-21-38)42-29-32-56-51(35-42)48-15-7-10-18-55(48)60(56)45-12-4-3-5-13-45/h3-27,29-30,32-33,35-37,50H,28,31,34H2,1-2H3. The average Bonchev–Trinajstić information content (AvgIpc) is 3.93. The van der Waals surface area contributed by atoms with Crippen molar-refractivity contribution in [2.24, 2.45) is 0 Å². The Morgan fingerprint density at radius 1 is 0.525 bits per heavy atom. The van der Waals surface area contributed by atoms with Crippen molar-refractivity contribution in [1.29, 1.82) is 0 Å². The van der Waals surface area contributed by atoms with E-state index in [4.69, 9.17) is 4.42 Å². The molecule has 0 spiro atoms. The lowest BCUT2D eigenvalue weighted by Crippen LogP contribution is -2.18. The molecule has 0 N–H and O–H groups in total. The Bertz CT molecular complexity index is 3390. The number of fused-ring (bicyclic) bond motifs is 8. The van der Waals surface area contributed by atoms with Gasteiger partial charge in [-0.3, -0.25) is 0 Å². The molecule has 2 aliphatic rings. The van der Waals surface area contributed by atoms with E-state index in [1.807, 2.05) is 12.1 Å². The van der Waals surface area contributed by atoms with E-state index in [0.717, 1.165) is 41.2 Å². The number of aromatic nitrogens is 1. The van der Waals surface area contributed by atoms with Gasteiger partial charge in [0.2, 0.25) is 0 Å². The molecule has 2 aromatic heterocycles. The van der Waals surface area contributed by atoms with E-state index in [1.165, 1.54) is 88.7 Å². The fourth-order valence-corrected chi connectivity index (χ4v) is 10.7. The minimum Gasteiger partial charge on any atom is -0.456 e. The van der Waals surface area contributed by atoms with Gasteiger partial charge in [0.15, 0.2) is 0 Å². The molecule has 0 saturated heterocycles. The molecule has 2 heterocycles. The maximum atomic E-state index is 6.15. The highest BCUT2D eigenvalue weighted by molar-refractivity contribution is 6.10. The summed E-state index contributed by atoms with van der Waals surface area (Å²) in [6, 6.07) is 69.2. The summed E-state index contributed by atoms with van der Waals surface area (Å²) < 4.78 is 8.54. The molecule has 8 aromatic carbocycles. The monoisotopic (exact) mass is 783 g/mol. The van der Waals surface area contributed by atoms with Gasteiger partial charge in [0.05, 0.1) is 11.0 Å².